The quantitative estimate of drug-likeness (QED) is 0.205. The van der Waals surface area contributed by atoms with Crippen LogP contribution in [-0.2, 0) is 26.2 Å². The van der Waals surface area contributed by atoms with E-state index < -0.39 is 0 Å². The van der Waals surface area contributed by atoms with Crippen LogP contribution in [-0.4, -0.2) is 8.80 Å². The molecule has 6 rings (SSSR count). The summed E-state index contributed by atoms with van der Waals surface area (Å²) < 4.78 is 0. The van der Waals surface area contributed by atoms with Crippen molar-refractivity contribution in [2.24, 2.45) is 0 Å². The zero-order valence-electron chi connectivity index (χ0n) is 21.4. The fraction of sp³-hybridized carbons (Fsp3) is 0.0606. The van der Waals surface area contributed by atoms with Crippen molar-refractivity contribution in [1.29, 1.82) is 0 Å². The van der Waals surface area contributed by atoms with Gasteiger partial charge in [-0.15, -0.1) is 51.9 Å². The van der Waals surface area contributed by atoms with E-state index in [4.69, 9.17) is 0 Å². The predicted molar refractivity (Wildman–Crippen MR) is 158 cm³/mol. The van der Waals surface area contributed by atoms with Crippen LogP contribution in [0.4, 0.5) is 0 Å². The average Bonchev–Trinajstić information content (AvgIpc) is 3.56. The summed E-state index contributed by atoms with van der Waals surface area (Å²) >= 11 is 0. The zero-order valence-corrected chi connectivity index (χ0v) is 27.4. The van der Waals surface area contributed by atoms with Crippen LogP contribution >= 0.6 is 8.19 Å². The van der Waals surface area contributed by atoms with E-state index >= 15 is 0 Å². The number of rotatable bonds is 4. The molecule has 0 N–H and O–H groups in total. The Bertz CT molecular complexity index is 1420. The standard InChI is InChI=1S/C22H16P.C11H12Si.2ClH.Zr/c1-4-10-17(11-5-1)20-16-23-22(19-14-8-3-9-15-19)21(20)18-12-6-2-7-13-18;1-12(2)11-7-9-5-3-4-6-10(9)8-11;;;/h1-15,23H;3-8H,1-2H3;2*1H;/q2*-1;;;+4/p-2. The molecule has 0 saturated heterocycles. The van der Waals surface area contributed by atoms with Crippen LogP contribution in [0.1, 0.15) is 0 Å². The van der Waals surface area contributed by atoms with Gasteiger partial charge in [0.2, 0.25) is 0 Å². The minimum Gasteiger partial charge on any atom is -1.00 e. The van der Waals surface area contributed by atoms with Crippen molar-refractivity contribution < 1.29 is 51.0 Å². The second-order valence-corrected chi connectivity index (χ2v) is 12.4. The smallest absolute Gasteiger partial charge is 1.00 e. The summed E-state index contributed by atoms with van der Waals surface area (Å²) in [5, 5.41) is 5.70. The van der Waals surface area contributed by atoms with E-state index in [1.54, 1.807) is 5.19 Å². The second-order valence-electron chi connectivity index (χ2n) is 8.85. The number of hydrogen-bond donors (Lipinski definition) is 0. The summed E-state index contributed by atoms with van der Waals surface area (Å²) in [6.07, 6.45) is 0. The maximum absolute atomic E-state index is 3.64. The number of benzene rings is 4. The molecule has 0 amide bonds. The molecular weight excluding hydrogens is 618 g/mol. The molecular formula is C33H28Cl2PSiZr. The van der Waals surface area contributed by atoms with Gasteiger partial charge in [-0.1, -0.05) is 127 Å². The molecule has 187 valence electrons. The first-order chi connectivity index (χ1) is 17.2. The van der Waals surface area contributed by atoms with Gasteiger partial charge in [-0.2, -0.15) is 16.6 Å². The molecule has 0 nitrogen and oxygen atoms in total. The Kier molecular flexibility index (Phi) is 13.1. The second kappa shape index (κ2) is 15.5. The first-order valence-corrected chi connectivity index (χ1v) is 15.5. The van der Waals surface area contributed by atoms with E-state index in [2.05, 4.69) is 146 Å². The molecule has 0 aliphatic carbocycles. The largest absolute Gasteiger partial charge is 4.00 e. The molecule has 1 unspecified atom stereocenters. The Morgan fingerprint density at radius 1 is 0.632 bits per heavy atom. The van der Waals surface area contributed by atoms with Gasteiger partial charge in [-0.05, 0) is 0 Å². The fourth-order valence-electron chi connectivity index (χ4n) is 4.35. The minimum atomic E-state index is -0.273. The monoisotopic (exact) mass is 643 g/mol. The predicted octanol–water partition coefficient (Wildman–Crippen LogP) is 3.04. The van der Waals surface area contributed by atoms with Gasteiger partial charge in [0.05, 0.1) is 8.80 Å². The number of halogens is 2. The Morgan fingerprint density at radius 2 is 1.13 bits per heavy atom. The Hall–Kier alpha value is -2.05. The van der Waals surface area contributed by atoms with Crippen LogP contribution in [0.3, 0.4) is 0 Å². The molecule has 0 aliphatic heterocycles. The Balaban J connectivity index is 0.000000290. The summed E-state index contributed by atoms with van der Waals surface area (Å²) in [4.78, 5) is 0. The van der Waals surface area contributed by atoms with Gasteiger partial charge in [0.15, 0.2) is 0 Å². The average molecular weight is 646 g/mol. The molecule has 1 radical (unpaired) electrons. The molecule has 0 spiro atoms. The summed E-state index contributed by atoms with van der Waals surface area (Å²) in [5.41, 5.74) is 6.35. The van der Waals surface area contributed by atoms with Crippen molar-refractivity contribution in [1.82, 2.24) is 0 Å². The maximum atomic E-state index is 3.64. The van der Waals surface area contributed by atoms with Crippen LogP contribution in [0.2, 0.25) is 13.1 Å². The molecule has 0 fully saturated rings. The summed E-state index contributed by atoms with van der Waals surface area (Å²) in [6.45, 7) is 4.66. The van der Waals surface area contributed by atoms with Crippen molar-refractivity contribution in [2.45, 2.75) is 13.1 Å². The molecule has 0 aliphatic rings. The minimum absolute atomic E-state index is 0. The van der Waals surface area contributed by atoms with E-state index in [1.807, 2.05) is 0 Å². The van der Waals surface area contributed by atoms with Crippen molar-refractivity contribution >= 4 is 32.9 Å². The molecule has 0 saturated carbocycles. The SMILES string of the molecule is C[Si](C)c1cc2ccccc2[cH-]1.[Cl-].[Cl-].[Zr+4].[c-]1[pH]c(-c2ccccc2)c(-c2ccccc2)c1-c1ccccc1. The molecule has 1 atom stereocenters. The van der Waals surface area contributed by atoms with Crippen molar-refractivity contribution in [3.05, 3.63) is 133 Å². The molecule has 38 heavy (non-hydrogen) atoms. The van der Waals surface area contributed by atoms with Gasteiger partial charge in [0.25, 0.3) is 0 Å². The topological polar surface area (TPSA) is 0 Å². The van der Waals surface area contributed by atoms with Crippen LogP contribution in [0.25, 0.3) is 43.9 Å². The van der Waals surface area contributed by atoms with Crippen LogP contribution in [0.5, 0.6) is 0 Å². The molecule has 1 heterocycles. The van der Waals surface area contributed by atoms with Gasteiger partial charge >= 0.3 is 26.2 Å². The van der Waals surface area contributed by atoms with E-state index in [-0.39, 0.29) is 59.8 Å². The summed E-state index contributed by atoms with van der Waals surface area (Å²) in [7, 11) is 0.308. The van der Waals surface area contributed by atoms with Gasteiger partial charge in [-0.3, -0.25) is 0 Å². The maximum Gasteiger partial charge on any atom is 4.00 e. The van der Waals surface area contributed by atoms with E-state index in [0.717, 1.165) is 0 Å². The first kappa shape index (κ1) is 32.2. The van der Waals surface area contributed by atoms with Gasteiger partial charge < -0.3 is 24.8 Å². The van der Waals surface area contributed by atoms with Crippen LogP contribution < -0.4 is 30.0 Å². The third-order valence-corrected chi connectivity index (χ3v) is 8.80. The van der Waals surface area contributed by atoms with Crippen molar-refractivity contribution in [3.8, 4) is 33.1 Å². The first-order valence-electron chi connectivity index (χ1n) is 12.0. The molecule has 5 heteroatoms. The summed E-state index contributed by atoms with van der Waals surface area (Å²) in [6, 6.07) is 45.1. The Labute approximate surface area is 261 Å². The normalized spacial score (nSPS) is 10.2. The van der Waals surface area contributed by atoms with E-state index in [9.17, 15) is 0 Å². The van der Waals surface area contributed by atoms with Gasteiger partial charge in [0, 0.05) is 0 Å². The van der Waals surface area contributed by atoms with Crippen molar-refractivity contribution in [3.63, 3.8) is 0 Å². The van der Waals surface area contributed by atoms with Gasteiger partial charge in [-0.25, -0.2) is 8.19 Å². The van der Waals surface area contributed by atoms with Crippen LogP contribution in [0.15, 0.2) is 127 Å². The van der Waals surface area contributed by atoms with Crippen molar-refractivity contribution in [2.75, 3.05) is 0 Å². The number of hydrogen-bond acceptors (Lipinski definition) is 0. The zero-order chi connectivity index (χ0) is 24.0. The third kappa shape index (κ3) is 7.53. The molecule has 0 bridgehead atoms. The molecule has 5 aromatic carbocycles. The molecule has 6 aromatic rings. The van der Waals surface area contributed by atoms with E-state index in [1.165, 1.54) is 43.9 Å². The Morgan fingerprint density at radius 3 is 1.68 bits per heavy atom. The van der Waals surface area contributed by atoms with E-state index in [0.29, 0.717) is 8.19 Å². The van der Waals surface area contributed by atoms with Crippen LogP contribution in [0, 0.1) is 5.80 Å². The third-order valence-electron chi connectivity index (χ3n) is 6.20. The number of fused-ring (bicyclic) bond motifs is 1. The molecule has 1 aromatic heterocycles. The van der Waals surface area contributed by atoms with Gasteiger partial charge in [0.1, 0.15) is 0 Å². The fourth-order valence-corrected chi connectivity index (χ4v) is 6.46. The summed E-state index contributed by atoms with van der Waals surface area (Å²) in [5.74, 6) is 3.64.